The number of hydrogen-bond acceptors (Lipinski definition) is 3. The third kappa shape index (κ3) is 2.14. The molecule has 2 N–H and O–H groups in total. The minimum atomic E-state index is -3.74. The zero-order chi connectivity index (χ0) is 14.3. The third-order valence-electron chi connectivity index (χ3n) is 3.21. The molecule has 3 nitrogen and oxygen atoms in total. The van der Waals surface area contributed by atoms with E-state index >= 15 is 0 Å². The summed E-state index contributed by atoms with van der Waals surface area (Å²) >= 11 is 1.23. The maximum Gasteiger partial charge on any atom is 0.248 e. The van der Waals surface area contributed by atoms with Crippen molar-refractivity contribution in [2.75, 3.05) is 0 Å². The van der Waals surface area contributed by atoms with E-state index in [1.807, 2.05) is 55.5 Å². The number of rotatable bonds is 2. The first-order valence-corrected chi connectivity index (χ1v) is 8.45. The van der Waals surface area contributed by atoms with E-state index in [0.29, 0.717) is 5.56 Å². The lowest BCUT2D eigenvalue weighted by Gasteiger charge is -2.05. The summed E-state index contributed by atoms with van der Waals surface area (Å²) in [5.41, 5.74) is 2.63. The van der Waals surface area contributed by atoms with E-state index in [2.05, 4.69) is 0 Å². The zero-order valence-corrected chi connectivity index (χ0v) is 12.5. The number of hydrogen-bond donors (Lipinski definition) is 1. The van der Waals surface area contributed by atoms with Gasteiger partial charge in [-0.3, -0.25) is 0 Å². The van der Waals surface area contributed by atoms with Crippen molar-refractivity contribution in [3.8, 4) is 11.1 Å². The highest BCUT2D eigenvalue weighted by Crippen LogP contribution is 2.42. The summed E-state index contributed by atoms with van der Waals surface area (Å²) < 4.78 is 25.0. The topological polar surface area (TPSA) is 60.2 Å². The van der Waals surface area contributed by atoms with Crippen LogP contribution in [0.2, 0.25) is 0 Å². The van der Waals surface area contributed by atoms with Crippen molar-refractivity contribution < 1.29 is 8.42 Å². The van der Waals surface area contributed by atoms with Gasteiger partial charge in [-0.2, -0.15) is 0 Å². The van der Waals surface area contributed by atoms with Gasteiger partial charge in [0, 0.05) is 15.6 Å². The Hall–Kier alpha value is -1.69. The van der Waals surface area contributed by atoms with E-state index in [1.54, 1.807) is 0 Å². The van der Waals surface area contributed by atoms with E-state index in [9.17, 15) is 8.42 Å². The Morgan fingerprint density at radius 3 is 2.35 bits per heavy atom. The minimum absolute atomic E-state index is 0.230. The van der Waals surface area contributed by atoms with Crippen molar-refractivity contribution in [3.05, 3.63) is 54.1 Å². The average Bonchev–Trinajstić information content (AvgIpc) is 2.80. The quantitative estimate of drug-likeness (QED) is 0.787. The molecule has 20 heavy (non-hydrogen) atoms. The molecular weight excluding hydrogens is 290 g/mol. The molecule has 1 aromatic heterocycles. The Labute approximate surface area is 121 Å². The molecule has 102 valence electrons. The van der Waals surface area contributed by atoms with E-state index in [1.165, 1.54) is 11.3 Å². The van der Waals surface area contributed by atoms with E-state index in [0.717, 1.165) is 21.2 Å². The number of benzene rings is 2. The van der Waals surface area contributed by atoms with E-state index in [-0.39, 0.29) is 4.21 Å². The third-order valence-corrected chi connectivity index (χ3v) is 5.83. The highest BCUT2D eigenvalue weighted by molar-refractivity contribution is 7.91. The second kappa shape index (κ2) is 4.70. The van der Waals surface area contributed by atoms with Crippen LogP contribution in [-0.2, 0) is 10.0 Å². The van der Waals surface area contributed by atoms with Gasteiger partial charge in [-0.15, -0.1) is 11.3 Å². The van der Waals surface area contributed by atoms with Crippen LogP contribution >= 0.6 is 11.3 Å². The van der Waals surface area contributed by atoms with Crippen molar-refractivity contribution in [1.82, 2.24) is 0 Å². The van der Waals surface area contributed by atoms with Gasteiger partial charge in [-0.1, -0.05) is 42.5 Å². The summed E-state index contributed by atoms with van der Waals surface area (Å²) in [7, 11) is -3.74. The van der Waals surface area contributed by atoms with Crippen LogP contribution in [0.3, 0.4) is 0 Å². The molecule has 0 fully saturated rings. The molecule has 2 aromatic carbocycles. The first-order valence-electron chi connectivity index (χ1n) is 6.09. The van der Waals surface area contributed by atoms with Crippen LogP contribution in [-0.4, -0.2) is 8.42 Å². The van der Waals surface area contributed by atoms with Crippen molar-refractivity contribution >= 4 is 31.4 Å². The molecule has 0 saturated carbocycles. The molecule has 5 heteroatoms. The van der Waals surface area contributed by atoms with Crippen LogP contribution in [0.5, 0.6) is 0 Å². The highest BCUT2D eigenvalue weighted by Gasteiger charge is 2.22. The highest BCUT2D eigenvalue weighted by atomic mass is 32.2. The first kappa shape index (κ1) is 13.3. The molecule has 0 unspecified atom stereocenters. The molecule has 0 saturated heterocycles. The molecule has 3 rings (SSSR count). The Morgan fingerprint density at radius 2 is 1.70 bits per heavy atom. The standard InChI is InChI=1S/C15H13NO2S2/c1-10-6-5-9-12-13(10)14(11-7-3-2-4-8-11)15(19-12)20(16,17)18/h2-9H,1H3,(H2,16,17,18). The summed E-state index contributed by atoms with van der Waals surface area (Å²) in [6.45, 7) is 1.98. The maximum atomic E-state index is 11.9. The van der Waals surface area contributed by atoms with Crippen LogP contribution in [0.15, 0.2) is 52.7 Å². The Bertz CT molecular complexity index is 881. The molecule has 0 aliphatic rings. The summed E-state index contributed by atoms with van der Waals surface area (Å²) in [6, 6.07) is 15.3. The molecule has 0 aliphatic heterocycles. The van der Waals surface area contributed by atoms with Crippen molar-refractivity contribution in [2.24, 2.45) is 5.14 Å². The van der Waals surface area contributed by atoms with Crippen LogP contribution in [0.1, 0.15) is 5.56 Å². The van der Waals surface area contributed by atoms with Crippen LogP contribution in [0, 0.1) is 6.92 Å². The maximum absolute atomic E-state index is 11.9. The van der Waals surface area contributed by atoms with Gasteiger partial charge in [0.05, 0.1) is 0 Å². The molecule has 0 radical (unpaired) electrons. The number of sulfonamides is 1. The SMILES string of the molecule is Cc1cccc2sc(S(N)(=O)=O)c(-c3ccccc3)c12. The summed E-state index contributed by atoms with van der Waals surface area (Å²) in [5, 5.41) is 6.36. The van der Waals surface area contributed by atoms with Gasteiger partial charge >= 0.3 is 0 Å². The van der Waals surface area contributed by atoms with E-state index in [4.69, 9.17) is 5.14 Å². The van der Waals surface area contributed by atoms with Gasteiger partial charge in [-0.05, 0) is 24.1 Å². The van der Waals surface area contributed by atoms with Gasteiger partial charge < -0.3 is 0 Å². The molecule has 0 aliphatic carbocycles. The molecule has 0 atom stereocenters. The smallest absolute Gasteiger partial charge is 0.224 e. The minimum Gasteiger partial charge on any atom is -0.224 e. The number of thiophene rings is 1. The monoisotopic (exact) mass is 303 g/mol. The second-order valence-corrected chi connectivity index (χ2v) is 7.43. The molecule has 0 spiro atoms. The number of nitrogens with two attached hydrogens (primary N) is 1. The van der Waals surface area contributed by atoms with Crippen molar-refractivity contribution in [3.63, 3.8) is 0 Å². The largest absolute Gasteiger partial charge is 0.248 e. The van der Waals surface area contributed by atoms with Crippen molar-refractivity contribution in [2.45, 2.75) is 11.1 Å². The Kier molecular flexibility index (Phi) is 3.12. The molecule has 0 bridgehead atoms. The lowest BCUT2D eigenvalue weighted by Crippen LogP contribution is -2.11. The zero-order valence-electron chi connectivity index (χ0n) is 10.8. The van der Waals surface area contributed by atoms with Gasteiger partial charge in [0.15, 0.2) is 0 Å². The predicted octanol–water partition coefficient (Wildman–Crippen LogP) is 3.52. The molecular formula is C15H13NO2S2. The van der Waals surface area contributed by atoms with Crippen LogP contribution < -0.4 is 5.14 Å². The van der Waals surface area contributed by atoms with Crippen molar-refractivity contribution in [1.29, 1.82) is 0 Å². The van der Waals surface area contributed by atoms with Gasteiger partial charge in [-0.25, -0.2) is 13.6 Å². The summed E-state index contributed by atoms with van der Waals surface area (Å²) in [5.74, 6) is 0. The number of aryl methyl sites for hydroxylation is 1. The van der Waals surface area contributed by atoms with Gasteiger partial charge in [0.2, 0.25) is 10.0 Å². The summed E-state index contributed by atoms with van der Waals surface area (Å²) in [4.78, 5) is 0. The normalized spacial score (nSPS) is 11.9. The average molecular weight is 303 g/mol. The lowest BCUT2D eigenvalue weighted by molar-refractivity contribution is 0.600. The lowest BCUT2D eigenvalue weighted by atomic mass is 10.0. The number of fused-ring (bicyclic) bond motifs is 1. The molecule has 1 heterocycles. The first-order chi connectivity index (χ1) is 9.48. The summed E-state index contributed by atoms with van der Waals surface area (Å²) in [6.07, 6.45) is 0. The second-order valence-electron chi connectivity index (χ2n) is 4.62. The number of primary sulfonamides is 1. The fourth-order valence-electron chi connectivity index (χ4n) is 2.37. The predicted molar refractivity (Wildman–Crippen MR) is 83.4 cm³/mol. The van der Waals surface area contributed by atoms with Gasteiger partial charge in [0.25, 0.3) is 0 Å². The fourth-order valence-corrected chi connectivity index (χ4v) is 4.64. The van der Waals surface area contributed by atoms with Crippen LogP contribution in [0.25, 0.3) is 21.2 Å². The molecule has 3 aromatic rings. The fraction of sp³-hybridized carbons (Fsp3) is 0.0667. The van der Waals surface area contributed by atoms with Crippen LogP contribution in [0.4, 0.5) is 0 Å². The van der Waals surface area contributed by atoms with Gasteiger partial charge in [0.1, 0.15) is 4.21 Å². The van der Waals surface area contributed by atoms with E-state index < -0.39 is 10.0 Å². The molecule has 0 amide bonds. The Balaban J connectivity index is 2.50. The Morgan fingerprint density at radius 1 is 1.00 bits per heavy atom.